The number of aromatic nitrogens is 2. The molecule has 8 heteroatoms. The SMILES string of the molecule is Nc1ccc(Oc2ccc(Nc3nc4ccccc4nc3NS(=O)c3ccccc3)cc2)cc1. The van der Waals surface area contributed by atoms with Crippen molar-refractivity contribution >= 4 is 45.0 Å². The molecule has 5 rings (SSSR count). The maximum absolute atomic E-state index is 12.9. The Labute approximate surface area is 199 Å². The molecular weight excluding hydrogens is 446 g/mol. The van der Waals surface area contributed by atoms with Gasteiger partial charge in [-0.05, 0) is 72.8 Å². The minimum atomic E-state index is -1.50. The molecule has 1 unspecified atom stereocenters. The van der Waals surface area contributed by atoms with Crippen molar-refractivity contribution < 1.29 is 8.95 Å². The van der Waals surface area contributed by atoms with Crippen LogP contribution in [0.25, 0.3) is 11.0 Å². The molecule has 0 fully saturated rings. The molecule has 5 aromatic rings. The van der Waals surface area contributed by atoms with E-state index >= 15 is 0 Å². The summed E-state index contributed by atoms with van der Waals surface area (Å²) in [5.74, 6) is 2.24. The quantitative estimate of drug-likeness (QED) is 0.258. The fourth-order valence-electron chi connectivity index (χ4n) is 3.26. The minimum absolute atomic E-state index is 0.392. The van der Waals surface area contributed by atoms with Gasteiger partial charge < -0.3 is 15.8 Å². The highest BCUT2D eigenvalue weighted by Gasteiger charge is 2.13. The molecule has 1 aromatic heterocycles. The zero-order valence-corrected chi connectivity index (χ0v) is 18.8. The predicted octanol–water partition coefficient (Wildman–Crippen LogP) is 5.88. The summed E-state index contributed by atoms with van der Waals surface area (Å²) in [4.78, 5) is 10.0. The summed E-state index contributed by atoms with van der Waals surface area (Å²) >= 11 is 0. The largest absolute Gasteiger partial charge is 0.457 e. The Balaban J connectivity index is 1.40. The van der Waals surface area contributed by atoms with Crippen LogP contribution in [0.5, 0.6) is 11.5 Å². The first-order valence-electron chi connectivity index (χ1n) is 10.5. The summed E-state index contributed by atoms with van der Waals surface area (Å²) in [6, 6.07) is 31.4. The highest BCUT2D eigenvalue weighted by atomic mass is 32.2. The van der Waals surface area contributed by atoms with Gasteiger partial charge in [-0.1, -0.05) is 30.3 Å². The van der Waals surface area contributed by atoms with Gasteiger partial charge in [0.25, 0.3) is 0 Å². The Hall–Kier alpha value is -4.43. The summed E-state index contributed by atoms with van der Waals surface area (Å²) in [7, 11) is -1.50. The Morgan fingerprint density at radius 1 is 0.676 bits per heavy atom. The molecule has 7 nitrogen and oxygen atoms in total. The first-order valence-corrected chi connectivity index (χ1v) is 11.7. The zero-order chi connectivity index (χ0) is 23.3. The minimum Gasteiger partial charge on any atom is -0.457 e. The molecule has 0 amide bonds. The van der Waals surface area contributed by atoms with Crippen molar-refractivity contribution in [3.63, 3.8) is 0 Å². The van der Waals surface area contributed by atoms with Gasteiger partial charge in [-0.2, -0.15) is 0 Å². The van der Waals surface area contributed by atoms with Gasteiger partial charge in [-0.25, -0.2) is 14.2 Å². The van der Waals surface area contributed by atoms with Gasteiger partial charge in [0, 0.05) is 11.4 Å². The number of hydrogen-bond donors (Lipinski definition) is 3. The number of nitrogens with two attached hydrogens (primary N) is 1. The molecule has 0 saturated carbocycles. The molecule has 4 N–H and O–H groups in total. The normalized spacial score (nSPS) is 11.6. The number of hydrogen-bond acceptors (Lipinski definition) is 6. The Morgan fingerprint density at radius 2 is 1.24 bits per heavy atom. The maximum Gasteiger partial charge on any atom is 0.182 e. The van der Waals surface area contributed by atoms with Crippen molar-refractivity contribution in [1.29, 1.82) is 0 Å². The third kappa shape index (κ3) is 4.97. The average molecular weight is 468 g/mol. The molecule has 0 bridgehead atoms. The van der Waals surface area contributed by atoms with Crippen molar-refractivity contribution in [3.05, 3.63) is 103 Å². The van der Waals surface area contributed by atoms with E-state index in [0.29, 0.717) is 39.2 Å². The first-order chi connectivity index (χ1) is 16.6. The van der Waals surface area contributed by atoms with Crippen LogP contribution in [0, 0.1) is 0 Å². The third-order valence-corrected chi connectivity index (χ3v) is 6.03. The Morgan fingerprint density at radius 3 is 1.88 bits per heavy atom. The molecule has 0 aliphatic rings. The molecule has 0 saturated heterocycles. The number of nitrogens with zero attached hydrogens (tertiary/aromatic N) is 2. The van der Waals surface area contributed by atoms with E-state index in [2.05, 4.69) is 15.0 Å². The van der Waals surface area contributed by atoms with E-state index in [9.17, 15) is 4.21 Å². The summed E-state index contributed by atoms with van der Waals surface area (Å²) in [6.45, 7) is 0. The van der Waals surface area contributed by atoms with E-state index in [0.717, 1.165) is 11.2 Å². The first kappa shape index (κ1) is 21.4. The van der Waals surface area contributed by atoms with Crippen LogP contribution in [0.15, 0.2) is 108 Å². The molecule has 0 aliphatic carbocycles. The molecule has 0 radical (unpaired) electrons. The van der Waals surface area contributed by atoms with Gasteiger partial charge in [0.2, 0.25) is 0 Å². The number of fused-ring (bicyclic) bond motifs is 1. The zero-order valence-electron chi connectivity index (χ0n) is 18.0. The topological polar surface area (TPSA) is 102 Å². The number of nitrogens with one attached hydrogen (secondary N) is 2. The van der Waals surface area contributed by atoms with Gasteiger partial charge in [-0.15, -0.1) is 0 Å². The molecular formula is C26H21N5O2S. The van der Waals surface area contributed by atoms with E-state index in [1.54, 1.807) is 24.3 Å². The lowest BCUT2D eigenvalue weighted by Gasteiger charge is -2.13. The Bertz CT molecular complexity index is 1440. The monoisotopic (exact) mass is 467 g/mol. The van der Waals surface area contributed by atoms with Crippen LogP contribution in [0.2, 0.25) is 0 Å². The fraction of sp³-hybridized carbons (Fsp3) is 0. The van der Waals surface area contributed by atoms with E-state index in [4.69, 9.17) is 15.5 Å². The van der Waals surface area contributed by atoms with Crippen LogP contribution in [0.3, 0.4) is 0 Å². The summed E-state index contributed by atoms with van der Waals surface area (Å²) in [5.41, 5.74) is 8.61. The second kappa shape index (κ2) is 9.60. The van der Waals surface area contributed by atoms with Crippen LogP contribution >= 0.6 is 0 Å². The van der Waals surface area contributed by atoms with E-state index in [1.165, 1.54) is 0 Å². The molecule has 1 atom stereocenters. The van der Waals surface area contributed by atoms with E-state index in [-0.39, 0.29) is 0 Å². The van der Waals surface area contributed by atoms with Crippen molar-refractivity contribution in [3.8, 4) is 11.5 Å². The highest BCUT2D eigenvalue weighted by molar-refractivity contribution is 7.86. The third-order valence-electron chi connectivity index (χ3n) is 4.95. The van der Waals surface area contributed by atoms with Crippen LogP contribution in [-0.2, 0) is 11.0 Å². The number of rotatable bonds is 7. The van der Waals surface area contributed by atoms with Crippen LogP contribution in [-0.4, -0.2) is 14.2 Å². The van der Waals surface area contributed by atoms with Crippen molar-refractivity contribution in [2.24, 2.45) is 0 Å². The molecule has 34 heavy (non-hydrogen) atoms. The van der Waals surface area contributed by atoms with Gasteiger partial charge in [0.05, 0.1) is 15.9 Å². The lowest BCUT2D eigenvalue weighted by atomic mass is 10.2. The number of nitrogen functional groups attached to an aromatic ring is 1. The standard InChI is InChI=1S/C26H21N5O2S/c27-18-10-14-20(15-11-18)33-21-16-12-19(13-17-21)28-25-26(30-24-9-5-4-8-23(24)29-25)31-34(32)22-6-2-1-3-7-22/h1-17H,27H2,(H,28,29)(H,30,31). The lowest BCUT2D eigenvalue weighted by Crippen LogP contribution is -2.10. The van der Waals surface area contributed by atoms with E-state index < -0.39 is 11.0 Å². The lowest BCUT2D eigenvalue weighted by molar-refractivity contribution is 0.483. The number of para-hydroxylation sites is 2. The molecule has 0 spiro atoms. The van der Waals surface area contributed by atoms with Crippen LogP contribution < -0.4 is 20.5 Å². The fourth-order valence-corrected chi connectivity index (χ4v) is 4.10. The van der Waals surface area contributed by atoms with Crippen LogP contribution in [0.4, 0.5) is 23.0 Å². The Kier molecular flexibility index (Phi) is 6.05. The highest BCUT2D eigenvalue weighted by Crippen LogP contribution is 2.28. The predicted molar refractivity (Wildman–Crippen MR) is 137 cm³/mol. The van der Waals surface area contributed by atoms with Gasteiger partial charge in [0.15, 0.2) is 22.6 Å². The van der Waals surface area contributed by atoms with Gasteiger partial charge >= 0.3 is 0 Å². The maximum atomic E-state index is 12.9. The summed E-state index contributed by atoms with van der Waals surface area (Å²) in [5, 5.41) is 3.28. The summed E-state index contributed by atoms with van der Waals surface area (Å²) in [6.07, 6.45) is 0. The second-order valence-corrected chi connectivity index (χ2v) is 8.63. The van der Waals surface area contributed by atoms with Gasteiger partial charge in [-0.3, -0.25) is 4.72 Å². The molecule has 0 aliphatic heterocycles. The average Bonchev–Trinajstić information content (AvgIpc) is 2.87. The smallest absolute Gasteiger partial charge is 0.182 e. The van der Waals surface area contributed by atoms with Crippen molar-refractivity contribution in [2.75, 3.05) is 15.8 Å². The van der Waals surface area contributed by atoms with Crippen molar-refractivity contribution in [1.82, 2.24) is 9.97 Å². The molecule has 168 valence electrons. The van der Waals surface area contributed by atoms with Crippen LogP contribution in [0.1, 0.15) is 0 Å². The van der Waals surface area contributed by atoms with E-state index in [1.807, 2.05) is 78.9 Å². The van der Waals surface area contributed by atoms with Crippen molar-refractivity contribution in [2.45, 2.75) is 4.90 Å². The molecule has 1 heterocycles. The molecule has 4 aromatic carbocycles. The van der Waals surface area contributed by atoms with Gasteiger partial charge in [0.1, 0.15) is 11.5 Å². The second-order valence-electron chi connectivity index (χ2n) is 7.41. The number of benzene rings is 4. The number of ether oxygens (including phenoxy) is 1. The summed E-state index contributed by atoms with van der Waals surface area (Å²) < 4.78 is 21.7. The number of anilines is 4.